The molecule has 134 valence electrons. The Balaban J connectivity index is 2.10. The molecule has 2 rings (SSSR count). The molecule has 25 heavy (non-hydrogen) atoms. The summed E-state index contributed by atoms with van der Waals surface area (Å²) in [7, 11) is -3.49. The van der Waals surface area contributed by atoms with E-state index in [9.17, 15) is 13.2 Å². The maximum Gasteiger partial charge on any atom is 0.344 e. The lowest BCUT2D eigenvalue weighted by Gasteiger charge is -2.09. The normalized spacial score (nSPS) is 11.1. The van der Waals surface area contributed by atoms with Crippen molar-refractivity contribution in [2.45, 2.75) is 13.5 Å². The predicted molar refractivity (Wildman–Crippen MR) is 93.6 cm³/mol. The van der Waals surface area contributed by atoms with Gasteiger partial charge in [-0.1, -0.05) is 30.3 Å². The lowest BCUT2D eigenvalue weighted by molar-refractivity contribution is -0.145. The van der Waals surface area contributed by atoms with Gasteiger partial charge < -0.3 is 9.47 Å². The van der Waals surface area contributed by atoms with Gasteiger partial charge in [0.25, 0.3) is 10.1 Å². The summed E-state index contributed by atoms with van der Waals surface area (Å²) in [6, 6.07) is 14.6. The van der Waals surface area contributed by atoms with E-state index in [0.717, 1.165) is 22.9 Å². The molecule has 0 aromatic heterocycles. The zero-order valence-electron chi connectivity index (χ0n) is 14.1. The van der Waals surface area contributed by atoms with Crippen molar-refractivity contribution in [2.75, 3.05) is 19.5 Å². The monoisotopic (exact) mass is 364 g/mol. The van der Waals surface area contributed by atoms with Gasteiger partial charge in [-0.25, -0.2) is 4.79 Å². The summed E-state index contributed by atoms with van der Waals surface area (Å²) in [6.07, 6.45) is 1.02. The smallest absolute Gasteiger partial charge is 0.344 e. The van der Waals surface area contributed by atoms with Gasteiger partial charge in [-0.3, -0.25) is 4.18 Å². The van der Waals surface area contributed by atoms with Crippen LogP contribution in [0.5, 0.6) is 5.75 Å². The average molecular weight is 364 g/mol. The number of ether oxygens (including phenoxy) is 2. The van der Waals surface area contributed by atoms with Gasteiger partial charge in [0, 0.05) is 0 Å². The van der Waals surface area contributed by atoms with Gasteiger partial charge in [-0.2, -0.15) is 8.42 Å². The predicted octanol–water partition coefficient (Wildman–Crippen LogP) is 2.77. The molecule has 0 saturated heterocycles. The number of carbonyl (C=O) groups is 1. The Hall–Kier alpha value is -2.38. The van der Waals surface area contributed by atoms with Crippen LogP contribution in [-0.4, -0.2) is 33.9 Å². The zero-order chi connectivity index (χ0) is 18.3. The molecule has 0 radical (unpaired) electrons. The first-order chi connectivity index (χ1) is 11.9. The van der Waals surface area contributed by atoms with Crippen molar-refractivity contribution in [3.8, 4) is 16.9 Å². The van der Waals surface area contributed by atoms with Crippen molar-refractivity contribution < 1.29 is 26.9 Å². The highest BCUT2D eigenvalue weighted by Gasteiger charge is 2.07. The number of hydrogen-bond acceptors (Lipinski definition) is 6. The maximum absolute atomic E-state index is 11.4. The van der Waals surface area contributed by atoms with Gasteiger partial charge in [-0.15, -0.1) is 0 Å². The molecule has 0 aliphatic rings. The number of esters is 1. The summed E-state index contributed by atoms with van der Waals surface area (Å²) in [4.78, 5) is 11.4. The SMILES string of the molecule is CCOC(=O)COc1cccc(-c2cccc(COS(C)(=O)=O)c2)c1. The summed E-state index contributed by atoms with van der Waals surface area (Å²) < 4.78 is 37.3. The highest BCUT2D eigenvalue weighted by Crippen LogP contribution is 2.25. The minimum atomic E-state index is -3.49. The molecule has 7 heteroatoms. The zero-order valence-corrected chi connectivity index (χ0v) is 14.9. The highest BCUT2D eigenvalue weighted by atomic mass is 32.2. The molecule has 0 fully saturated rings. The van der Waals surface area contributed by atoms with E-state index in [4.69, 9.17) is 13.7 Å². The number of hydrogen-bond donors (Lipinski definition) is 0. The molecule has 0 aliphatic heterocycles. The molecule has 2 aromatic rings. The minimum absolute atomic E-state index is 0.0221. The van der Waals surface area contributed by atoms with E-state index in [1.54, 1.807) is 25.1 Å². The highest BCUT2D eigenvalue weighted by molar-refractivity contribution is 7.85. The minimum Gasteiger partial charge on any atom is -0.482 e. The van der Waals surface area contributed by atoms with E-state index >= 15 is 0 Å². The second-order valence-corrected chi connectivity index (χ2v) is 6.93. The quantitative estimate of drug-likeness (QED) is 0.529. The number of carbonyl (C=O) groups excluding carboxylic acids is 1. The van der Waals surface area contributed by atoms with Gasteiger partial charge in [-0.05, 0) is 41.8 Å². The first-order valence-corrected chi connectivity index (χ1v) is 9.51. The van der Waals surface area contributed by atoms with Crippen LogP contribution in [0, 0.1) is 0 Å². The lowest BCUT2D eigenvalue weighted by atomic mass is 10.0. The second kappa shape index (κ2) is 8.64. The summed E-state index contributed by atoms with van der Waals surface area (Å²) in [5.41, 5.74) is 2.50. The fourth-order valence-corrected chi connectivity index (χ4v) is 2.48. The van der Waals surface area contributed by atoms with Crippen molar-refractivity contribution in [1.82, 2.24) is 0 Å². The Bertz CT molecular complexity index is 829. The molecule has 6 nitrogen and oxygen atoms in total. The Labute approximate surface area is 147 Å². The van der Waals surface area contributed by atoms with Crippen molar-refractivity contribution in [3.63, 3.8) is 0 Å². The first kappa shape index (κ1) is 19.0. The van der Waals surface area contributed by atoms with E-state index in [1.165, 1.54) is 0 Å². The summed E-state index contributed by atoms with van der Waals surface area (Å²) in [6.45, 7) is 1.87. The van der Waals surface area contributed by atoms with Crippen LogP contribution in [0.15, 0.2) is 48.5 Å². The number of rotatable bonds is 8. The second-order valence-electron chi connectivity index (χ2n) is 5.29. The van der Waals surface area contributed by atoms with Gasteiger partial charge >= 0.3 is 5.97 Å². The Morgan fingerprint density at radius 1 is 1.04 bits per heavy atom. The molecule has 0 unspecified atom stereocenters. The first-order valence-electron chi connectivity index (χ1n) is 7.69. The van der Waals surface area contributed by atoms with Crippen LogP contribution in [0.4, 0.5) is 0 Å². The largest absolute Gasteiger partial charge is 0.482 e. The molecule has 0 saturated carbocycles. The maximum atomic E-state index is 11.4. The van der Waals surface area contributed by atoms with Crippen molar-refractivity contribution in [1.29, 1.82) is 0 Å². The van der Waals surface area contributed by atoms with Gasteiger partial charge in [0.15, 0.2) is 6.61 Å². The molecular formula is C18H20O6S. The van der Waals surface area contributed by atoms with E-state index in [1.807, 2.05) is 30.3 Å². The summed E-state index contributed by atoms with van der Waals surface area (Å²) in [5.74, 6) is 0.121. The van der Waals surface area contributed by atoms with Crippen LogP contribution in [0.1, 0.15) is 12.5 Å². The van der Waals surface area contributed by atoms with Gasteiger partial charge in [0.2, 0.25) is 0 Å². The Kier molecular flexibility index (Phi) is 6.55. The van der Waals surface area contributed by atoms with E-state index in [2.05, 4.69) is 0 Å². The third kappa shape index (κ3) is 6.56. The van der Waals surface area contributed by atoms with E-state index in [0.29, 0.717) is 12.4 Å². The van der Waals surface area contributed by atoms with Crippen molar-refractivity contribution in [2.24, 2.45) is 0 Å². The molecule has 2 aromatic carbocycles. The third-order valence-electron chi connectivity index (χ3n) is 3.20. The molecular weight excluding hydrogens is 344 g/mol. The molecule has 0 heterocycles. The van der Waals surface area contributed by atoms with Crippen LogP contribution in [-0.2, 0) is 30.4 Å². The Morgan fingerprint density at radius 3 is 2.40 bits per heavy atom. The third-order valence-corrected chi connectivity index (χ3v) is 3.74. The average Bonchev–Trinajstić information content (AvgIpc) is 2.58. The molecule has 0 amide bonds. The van der Waals surface area contributed by atoms with Crippen LogP contribution in [0.2, 0.25) is 0 Å². The van der Waals surface area contributed by atoms with Crippen molar-refractivity contribution in [3.05, 3.63) is 54.1 Å². The topological polar surface area (TPSA) is 78.9 Å². The molecule has 0 atom stereocenters. The number of benzene rings is 2. The van der Waals surface area contributed by atoms with E-state index in [-0.39, 0.29) is 13.2 Å². The van der Waals surface area contributed by atoms with Gasteiger partial charge in [0.1, 0.15) is 5.75 Å². The fourth-order valence-electron chi connectivity index (χ4n) is 2.13. The standard InChI is InChI=1S/C18H20O6S/c1-3-22-18(19)13-23-17-9-5-8-16(11-17)15-7-4-6-14(10-15)12-24-25(2,20)21/h4-11H,3,12-13H2,1-2H3. The fraction of sp³-hybridized carbons (Fsp3) is 0.278. The Morgan fingerprint density at radius 2 is 1.72 bits per heavy atom. The lowest BCUT2D eigenvalue weighted by Crippen LogP contribution is -2.14. The van der Waals surface area contributed by atoms with Crippen LogP contribution in [0.3, 0.4) is 0 Å². The van der Waals surface area contributed by atoms with Crippen molar-refractivity contribution >= 4 is 16.1 Å². The molecule has 0 aliphatic carbocycles. The van der Waals surface area contributed by atoms with Gasteiger partial charge in [0.05, 0.1) is 19.5 Å². The molecule has 0 N–H and O–H groups in total. The molecule has 0 spiro atoms. The molecule has 0 bridgehead atoms. The van der Waals surface area contributed by atoms with E-state index < -0.39 is 16.1 Å². The summed E-state index contributed by atoms with van der Waals surface area (Å²) >= 11 is 0. The van der Waals surface area contributed by atoms with Crippen LogP contribution >= 0.6 is 0 Å². The van der Waals surface area contributed by atoms with Crippen LogP contribution < -0.4 is 4.74 Å². The van der Waals surface area contributed by atoms with Crippen LogP contribution in [0.25, 0.3) is 11.1 Å². The summed E-state index contributed by atoms with van der Waals surface area (Å²) in [5, 5.41) is 0.